The predicted molar refractivity (Wildman–Crippen MR) is 110 cm³/mol. The van der Waals surface area contributed by atoms with Crippen LogP contribution in [-0.4, -0.2) is 21.9 Å². The molecule has 0 fully saturated rings. The first kappa shape index (κ1) is 19.5. The zero-order valence-corrected chi connectivity index (χ0v) is 17.0. The zero-order chi connectivity index (χ0) is 19.7. The molecule has 3 aromatic rings. The Morgan fingerprint density at radius 2 is 1.96 bits per heavy atom. The third-order valence-electron chi connectivity index (χ3n) is 4.51. The number of rotatable bonds is 6. The summed E-state index contributed by atoms with van der Waals surface area (Å²) in [6.07, 6.45) is 1.80. The van der Waals surface area contributed by atoms with E-state index >= 15 is 0 Å². The first-order valence-corrected chi connectivity index (χ1v) is 9.28. The molecule has 27 heavy (non-hydrogen) atoms. The first-order chi connectivity index (χ1) is 12.8. The highest BCUT2D eigenvalue weighted by Gasteiger charge is 2.18. The van der Waals surface area contributed by atoms with Crippen molar-refractivity contribution in [2.75, 3.05) is 6.61 Å². The number of halogens is 2. The smallest absolute Gasteiger partial charge is 0.202 e. The van der Waals surface area contributed by atoms with Crippen LogP contribution >= 0.6 is 23.2 Å². The van der Waals surface area contributed by atoms with E-state index in [4.69, 9.17) is 27.9 Å². The molecule has 0 N–H and O–H groups in total. The van der Waals surface area contributed by atoms with Crippen LogP contribution in [0.25, 0.3) is 10.9 Å². The van der Waals surface area contributed by atoms with Crippen LogP contribution in [0.15, 0.2) is 36.9 Å². The number of pyridine rings is 1. The second kappa shape index (κ2) is 7.75. The second-order valence-corrected chi connectivity index (χ2v) is 7.23. The Balaban J connectivity index is 1.91. The number of aromatic nitrogens is 2. The molecule has 1 aromatic carbocycles. The van der Waals surface area contributed by atoms with Gasteiger partial charge < -0.3 is 9.30 Å². The number of Topliss-reactive ketones (excluding diaryl/α,β-unsaturated/α-hetero) is 1. The molecule has 0 saturated heterocycles. The van der Waals surface area contributed by atoms with Crippen molar-refractivity contribution in [1.82, 2.24) is 9.55 Å². The lowest BCUT2D eigenvalue weighted by Gasteiger charge is -2.12. The number of nitrogens with zero attached hydrogens (tertiary/aromatic N) is 2. The van der Waals surface area contributed by atoms with Crippen molar-refractivity contribution in [2.24, 2.45) is 0 Å². The number of carbonyl (C=O) groups is 1. The van der Waals surface area contributed by atoms with E-state index < -0.39 is 0 Å². The third-order valence-corrected chi connectivity index (χ3v) is 5.10. The van der Waals surface area contributed by atoms with E-state index in [9.17, 15) is 4.79 Å². The van der Waals surface area contributed by atoms with Crippen LogP contribution in [0.5, 0.6) is 5.75 Å². The van der Waals surface area contributed by atoms with Crippen molar-refractivity contribution in [3.63, 3.8) is 0 Å². The van der Waals surface area contributed by atoms with Crippen molar-refractivity contribution < 1.29 is 9.53 Å². The summed E-state index contributed by atoms with van der Waals surface area (Å²) in [4.78, 5) is 17.2. The number of fused-ring (bicyclic) bond motifs is 1. The van der Waals surface area contributed by atoms with Gasteiger partial charge in [-0.3, -0.25) is 4.79 Å². The molecule has 0 aliphatic carbocycles. The molecular weight excluding hydrogens is 383 g/mol. The number of aryl methyl sites for hydroxylation is 2. The molecule has 0 aliphatic heterocycles. The minimum Gasteiger partial charge on any atom is -0.482 e. The van der Waals surface area contributed by atoms with Gasteiger partial charge >= 0.3 is 0 Å². The van der Waals surface area contributed by atoms with Crippen LogP contribution in [-0.2, 0) is 6.54 Å². The quantitative estimate of drug-likeness (QED) is 0.391. The normalized spacial score (nSPS) is 11.0. The molecule has 0 spiro atoms. The maximum Gasteiger partial charge on any atom is 0.202 e. The number of hydrogen-bond acceptors (Lipinski definition) is 3. The Morgan fingerprint density at radius 3 is 2.67 bits per heavy atom. The van der Waals surface area contributed by atoms with Gasteiger partial charge in [-0.1, -0.05) is 29.3 Å². The lowest BCUT2D eigenvalue weighted by atomic mass is 10.1. The molecule has 140 valence electrons. The van der Waals surface area contributed by atoms with Crippen LogP contribution in [0.2, 0.25) is 10.0 Å². The largest absolute Gasteiger partial charge is 0.482 e. The van der Waals surface area contributed by atoms with Crippen LogP contribution in [0.4, 0.5) is 0 Å². The molecule has 6 heteroatoms. The van der Waals surface area contributed by atoms with Gasteiger partial charge in [0.2, 0.25) is 5.78 Å². The molecule has 0 bridgehead atoms. The Morgan fingerprint density at radius 1 is 1.22 bits per heavy atom. The fraction of sp³-hybridized carbons (Fsp3) is 0.238. The third kappa shape index (κ3) is 3.73. The summed E-state index contributed by atoms with van der Waals surface area (Å²) >= 11 is 12.6. The topological polar surface area (TPSA) is 44.1 Å². The fourth-order valence-electron chi connectivity index (χ4n) is 3.14. The number of ketones is 1. The van der Waals surface area contributed by atoms with Crippen LogP contribution < -0.4 is 4.74 Å². The lowest BCUT2D eigenvalue weighted by molar-refractivity contribution is 0.0922. The molecule has 0 unspecified atom stereocenters. The van der Waals surface area contributed by atoms with Gasteiger partial charge in [0.15, 0.2) is 12.4 Å². The van der Waals surface area contributed by atoms with Crippen LogP contribution in [0.1, 0.15) is 27.4 Å². The molecule has 3 rings (SSSR count). The lowest BCUT2D eigenvalue weighted by Crippen LogP contribution is -2.13. The summed E-state index contributed by atoms with van der Waals surface area (Å²) in [6, 6.07) is 7.21. The Hall–Kier alpha value is -2.30. The predicted octanol–water partition coefficient (Wildman–Crippen LogP) is 5.72. The SMILES string of the molecule is C=CCn1c(C)cc(C(=O)COc2c(Cl)cc(Cl)c3ccc(C)nc23)c1C. The van der Waals surface area contributed by atoms with E-state index in [1.54, 1.807) is 12.1 Å². The highest BCUT2D eigenvalue weighted by atomic mass is 35.5. The maximum absolute atomic E-state index is 12.7. The molecule has 4 nitrogen and oxygen atoms in total. The first-order valence-electron chi connectivity index (χ1n) is 8.52. The summed E-state index contributed by atoms with van der Waals surface area (Å²) in [5.74, 6) is 0.248. The number of carbonyl (C=O) groups excluding carboxylic acids is 1. The van der Waals surface area contributed by atoms with Crippen molar-refractivity contribution in [2.45, 2.75) is 27.3 Å². The highest BCUT2D eigenvalue weighted by Crippen LogP contribution is 2.37. The van der Waals surface area contributed by atoms with E-state index in [0.29, 0.717) is 33.4 Å². The molecule has 0 radical (unpaired) electrons. The summed E-state index contributed by atoms with van der Waals surface area (Å²) < 4.78 is 7.85. The summed E-state index contributed by atoms with van der Waals surface area (Å²) in [6.45, 7) is 10.0. The van der Waals surface area contributed by atoms with Crippen molar-refractivity contribution >= 4 is 39.9 Å². The number of ether oxygens (including phenoxy) is 1. The number of hydrogen-bond donors (Lipinski definition) is 0. The molecular formula is C21H20Cl2N2O2. The molecule has 0 aliphatic rings. The molecule has 2 aromatic heterocycles. The molecule has 2 heterocycles. The second-order valence-electron chi connectivity index (χ2n) is 6.41. The van der Waals surface area contributed by atoms with E-state index in [-0.39, 0.29) is 12.4 Å². The minimum absolute atomic E-state index is 0.120. The molecule has 0 amide bonds. The van der Waals surface area contributed by atoms with E-state index in [2.05, 4.69) is 11.6 Å². The van der Waals surface area contributed by atoms with Gasteiger partial charge in [-0.15, -0.1) is 6.58 Å². The average molecular weight is 403 g/mol. The van der Waals surface area contributed by atoms with Gasteiger partial charge in [0.05, 0.1) is 10.0 Å². The standard InChI is InChI=1S/C21H20Cl2N2O2/c1-5-8-25-13(3)9-16(14(25)4)19(26)11-27-21-18(23)10-17(22)15-7-6-12(2)24-20(15)21/h5-7,9-10H,1,8,11H2,2-4H3. The Labute approximate surface area is 168 Å². The van der Waals surface area contributed by atoms with Crippen molar-refractivity contribution in [3.8, 4) is 5.75 Å². The maximum atomic E-state index is 12.7. The van der Waals surface area contributed by atoms with Crippen molar-refractivity contribution in [1.29, 1.82) is 0 Å². The molecule has 0 atom stereocenters. The highest BCUT2D eigenvalue weighted by molar-refractivity contribution is 6.39. The van der Waals surface area contributed by atoms with Gasteiger partial charge in [0.25, 0.3) is 0 Å². The Bertz CT molecular complexity index is 1050. The van der Waals surface area contributed by atoms with E-state index in [1.807, 2.05) is 43.5 Å². The Kier molecular flexibility index (Phi) is 5.59. The van der Waals surface area contributed by atoms with Crippen LogP contribution in [0, 0.1) is 20.8 Å². The van der Waals surface area contributed by atoms with Gasteiger partial charge in [0.1, 0.15) is 5.52 Å². The average Bonchev–Trinajstić information content (AvgIpc) is 2.89. The minimum atomic E-state index is -0.134. The molecule has 0 saturated carbocycles. The number of allylic oxidation sites excluding steroid dienone is 1. The van der Waals surface area contributed by atoms with Gasteiger partial charge in [-0.25, -0.2) is 4.98 Å². The van der Waals surface area contributed by atoms with E-state index in [0.717, 1.165) is 22.5 Å². The monoisotopic (exact) mass is 402 g/mol. The fourth-order valence-corrected chi connectivity index (χ4v) is 3.71. The van der Waals surface area contributed by atoms with Gasteiger partial charge in [-0.2, -0.15) is 0 Å². The summed E-state index contributed by atoms with van der Waals surface area (Å²) in [5, 5.41) is 1.56. The summed E-state index contributed by atoms with van der Waals surface area (Å²) in [7, 11) is 0. The van der Waals surface area contributed by atoms with Crippen molar-refractivity contribution in [3.05, 3.63) is 69.6 Å². The van der Waals surface area contributed by atoms with Gasteiger partial charge in [-0.05, 0) is 45.0 Å². The summed E-state index contributed by atoms with van der Waals surface area (Å²) in [5.41, 5.74) is 3.89. The van der Waals surface area contributed by atoms with Crippen LogP contribution in [0.3, 0.4) is 0 Å². The zero-order valence-electron chi connectivity index (χ0n) is 15.5. The van der Waals surface area contributed by atoms with E-state index in [1.165, 1.54) is 0 Å². The van der Waals surface area contributed by atoms with Gasteiger partial charge in [0, 0.05) is 34.6 Å². The number of benzene rings is 1.